The molecule has 0 spiro atoms. The molecule has 21 heavy (non-hydrogen) atoms. The van der Waals surface area contributed by atoms with Crippen molar-refractivity contribution in [1.82, 2.24) is 0 Å². The Morgan fingerprint density at radius 1 is 1.24 bits per heavy atom. The van der Waals surface area contributed by atoms with Gasteiger partial charge in [0.25, 0.3) is 0 Å². The number of carbonyl (C=O) groups is 1. The summed E-state index contributed by atoms with van der Waals surface area (Å²) in [6, 6.07) is 7.30. The molecule has 1 aromatic rings. The van der Waals surface area contributed by atoms with Crippen molar-refractivity contribution in [2.45, 2.75) is 26.4 Å². The molecule has 4 heteroatoms. The Morgan fingerprint density at radius 3 is 2.33 bits per heavy atom. The number of nitrogens with zero attached hydrogens (tertiary/aromatic N) is 1. The van der Waals surface area contributed by atoms with Gasteiger partial charge in [-0.2, -0.15) is 0 Å². The number of amides is 1. The van der Waals surface area contributed by atoms with E-state index < -0.39 is 11.7 Å². The minimum Gasteiger partial charge on any atom is -0.444 e. The Labute approximate surface area is 126 Å². The summed E-state index contributed by atoms with van der Waals surface area (Å²) < 4.78 is 5.25. The van der Waals surface area contributed by atoms with Crippen LogP contribution in [0.4, 0.5) is 16.2 Å². The second-order valence-corrected chi connectivity index (χ2v) is 5.41. The van der Waals surface area contributed by atoms with E-state index in [1.165, 1.54) is 0 Å². The molecule has 0 aromatic heterocycles. The first-order chi connectivity index (χ1) is 9.87. The maximum Gasteiger partial charge on any atom is 0.412 e. The third-order valence-corrected chi connectivity index (χ3v) is 2.44. The summed E-state index contributed by atoms with van der Waals surface area (Å²) in [5.41, 5.74) is 0.813. The Kier molecular flexibility index (Phi) is 5.69. The van der Waals surface area contributed by atoms with Gasteiger partial charge >= 0.3 is 6.09 Å². The summed E-state index contributed by atoms with van der Waals surface area (Å²) >= 11 is 0. The quantitative estimate of drug-likeness (QED) is 0.864. The average Bonchev–Trinajstić information content (AvgIpc) is 2.37. The molecule has 0 aliphatic heterocycles. The van der Waals surface area contributed by atoms with Gasteiger partial charge in [0.1, 0.15) is 5.60 Å². The maximum atomic E-state index is 11.9. The highest BCUT2D eigenvalue weighted by Gasteiger charge is 2.18. The summed E-state index contributed by atoms with van der Waals surface area (Å²) in [5.74, 6) is 5.11. The molecule has 0 radical (unpaired) electrons. The zero-order chi connectivity index (χ0) is 15.9. The molecule has 1 amide bonds. The number of anilines is 2. The summed E-state index contributed by atoms with van der Waals surface area (Å²) in [5, 5.41) is 2.72. The van der Waals surface area contributed by atoms with E-state index in [0.717, 1.165) is 5.69 Å². The van der Waals surface area contributed by atoms with Crippen molar-refractivity contribution in [3.05, 3.63) is 24.3 Å². The van der Waals surface area contributed by atoms with Crippen LogP contribution in [0.15, 0.2) is 24.3 Å². The number of nitrogens with one attached hydrogen (secondary N) is 1. The second kappa shape index (κ2) is 7.26. The van der Waals surface area contributed by atoms with Crippen LogP contribution in [-0.4, -0.2) is 24.8 Å². The molecular weight excluding hydrogens is 264 g/mol. The molecule has 1 N–H and O–H groups in total. The zero-order valence-corrected chi connectivity index (χ0v) is 12.6. The predicted octanol–water partition coefficient (Wildman–Crippen LogP) is 3.11. The second-order valence-electron chi connectivity index (χ2n) is 5.41. The van der Waals surface area contributed by atoms with Crippen molar-refractivity contribution in [3.8, 4) is 24.7 Å². The number of rotatable bonds is 4. The van der Waals surface area contributed by atoms with Gasteiger partial charge in [-0.25, -0.2) is 4.79 Å². The highest BCUT2D eigenvalue weighted by Crippen LogP contribution is 2.25. The summed E-state index contributed by atoms with van der Waals surface area (Å²) in [4.78, 5) is 13.7. The lowest BCUT2D eigenvalue weighted by atomic mass is 10.2. The molecule has 0 heterocycles. The third-order valence-electron chi connectivity index (χ3n) is 2.44. The van der Waals surface area contributed by atoms with Gasteiger partial charge in [-0.05, 0) is 32.9 Å². The van der Waals surface area contributed by atoms with E-state index in [4.69, 9.17) is 17.6 Å². The lowest BCUT2D eigenvalue weighted by Crippen LogP contribution is -2.29. The fourth-order valence-electron chi connectivity index (χ4n) is 1.72. The smallest absolute Gasteiger partial charge is 0.412 e. The molecule has 0 saturated heterocycles. The van der Waals surface area contributed by atoms with Gasteiger partial charge in [-0.1, -0.05) is 24.0 Å². The minimum atomic E-state index is -0.559. The predicted molar refractivity (Wildman–Crippen MR) is 86.2 cm³/mol. The molecule has 1 aromatic carbocycles. The molecule has 4 nitrogen and oxygen atoms in total. The van der Waals surface area contributed by atoms with Crippen LogP contribution in [0.25, 0.3) is 0 Å². The zero-order valence-electron chi connectivity index (χ0n) is 12.6. The number of carbonyl (C=O) groups excluding carboxylic acids is 1. The molecule has 0 atom stereocenters. The Balaban J connectivity index is 2.96. The average molecular weight is 284 g/mol. The van der Waals surface area contributed by atoms with Gasteiger partial charge in [-0.3, -0.25) is 5.32 Å². The molecule has 0 fully saturated rings. The Morgan fingerprint density at radius 2 is 1.81 bits per heavy atom. The molecule has 0 saturated carbocycles. The molecule has 110 valence electrons. The molecule has 0 aliphatic rings. The van der Waals surface area contributed by atoms with Crippen LogP contribution in [0.3, 0.4) is 0 Å². The van der Waals surface area contributed by atoms with E-state index in [1.807, 2.05) is 43.9 Å². The Bertz CT molecular complexity index is 558. The first kappa shape index (κ1) is 16.5. The van der Waals surface area contributed by atoms with Crippen LogP contribution in [0.5, 0.6) is 0 Å². The molecule has 0 aliphatic carbocycles. The van der Waals surface area contributed by atoms with Crippen LogP contribution >= 0.6 is 0 Å². The topological polar surface area (TPSA) is 41.6 Å². The molecular formula is C17H20N2O2. The maximum absolute atomic E-state index is 11.9. The lowest BCUT2D eigenvalue weighted by molar-refractivity contribution is 0.0636. The number of benzene rings is 1. The normalized spacial score (nSPS) is 10.1. The van der Waals surface area contributed by atoms with Gasteiger partial charge in [0.2, 0.25) is 0 Å². The van der Waals surface area contributed by atoms with Crippen molar-refractivity contribution < 1.29 is 9.53 Å². The standard InChI is InChI=1S/C17H20N2O2/c1-6-12-19(13-7-2)15-11-9-8-10-14(15)18-16(20)21-17(3,4)5/h1-2,8-11H,12-13H2,3-5H3,(H,18,20). The largest absolute Gasteiger partial charge is 0.444 e. The number of ether oxygens (including phenoxy) is 1. The molecule has 1 rings (SSSR count). The van der Waals surface area contributed by atoms with Crippen LogP contribution in [-0.2, 0) is 4.74 Å². The summed E-state index contributed by atoms with van der Waals surface area (Å²) in [6.45, 7) is 6.14. The van der Waals surface area contributed by atoms with Crippen LogP contribution < -0.4 is 10.2 Å². The van der Waals surface area contributed by atoms with Crippen LogP contribution in [0, 0.1) is 24.7 Å². The van der Waals surface area contributed by atoms with Crippen molar-refractivity contribution in [2.24, 2.45) is 0 Å². The van der Waals surface area contributed by atoms with E-state index in [-0.39, 0.29) is 0 Å². The van der Waals surface area contributed by atoms with Crippen LogP contribution in [0.1, 0.15) is 20.8 Å². The Hall–Kier alpha value is -2.59. The monoisotopic (exact) mass is 284 g/mol. The molecule has 0 bridgehead atoms. The van der Waals surface area contributed by atoms with Gasteiger partial charge in [0.05, 0.1) is 24.5 Å². The molecule has 0 unspecified atom stereocenters. The van der Waals surface area contributed by atoms with Gasteiger partial charge in [0, 0.05) is 0 Å². The van der Waals surface area contributed by atoms with E-state index in [0.29, 0.717) is 18.8 Å². The van der Waals surface area contributed by atoms with Gasteiger partial charge < -0.3 is 9.64 Å². The first-order valence-corrected chi connectivity index (χ1v) is 6.58. The first-order valence-electron chi connectivity index (χ1n) is 6.58. The highest BCUT2D eigenvalue weighted by molar-refractivity contribution is 5.90. The number of hydrogen-bond acceptors (Lipinski definition) is 3. The number of hydrogen-bond donors (Lipinski definition) is 1. The van der Waals surface area contributed by atoms with E-state index >= 15 is 0 Å². The minimum absolute atomic E-state index is 0.358. The lowest BCUT2D eigenvalue weighted by Gasteiger charge is -2.24. The van der Waals surface area contributed by atoms with E-state index in [2.05, 4.69) is 17.2 Å². The number of terminal acetylenes is 2. The van der Waals surface area contributed by atoms with Crippen molar-refractivity contribution in [1.29, 1.82) is 0 Å². The fourth-order valence-corrected chi connectivity index (χ4v) is 1.72. The third kappa shape index (κ3) is 5.50. The fraction of sp³-hybridized carbons (Fsp3) is 0.353. The van der Waals surface area contributed by atoms with Gasteiger partial charge in [0.15, 0.2) is 0 Å². The summed E-state index contributed by atoms with van der Waals surface area (Å²) in [6.07, 6.45) is 10.2. The van der Waals surface area contributed by atoms with E-state index in [1.54, 1.807) is 6.07 Å². The highest BCUT2D eigenvalue weighted by atomic mass is 16.6. The van der Waals surface area contributed by atoms with Crippen molar-refractivity contribution in [3.63, 3.8) is 0 Å². The SMILES string of the molecule is C#CCN(CC#C)c1ccccc1NC(=O)OC(C)(C)C. The van der Waals surface area contributed by atoms with Crippen molar-refractivity contribution >= 4 is 17.5 Å². The summed E-state index contributed by atoms with van der Waals surface area (Å²) in [7, 11) is 0. The van der Waals surface area contributed by atoms with Crippen molar-refractivity contribution in [2.75, 3.05) is 23.3 Å². The van der Waals surface area contributed by atoms with Gasteiger partial charge in [-0.15, -0.1) is 12.8 Å². The van der Waals surface area contributed by atoms with E-state index in [9.17, 15) is 4.79 Å². The van der Waals surface area contributed by atoms with Crippen LogP contribution in [0.2, 0.25) is 0 Å². The number of para-hydroxylation sites is 2.